The van der Waals surface area contributed by atoms with E-state index in [1.165, 1.54) is 5.06 Å². The number of hydroxylamine groups is 2. The van der Waals surface area contributed by atoms with Crippen LogP contribution in [-0.2, 0) is 14.4 Å². The van der Waals surface area contributed by atoms with Crippen LogP contribution in [0.1, 0.15) is 58.3 Å². The van der Waals surface area contributed by atoms with Gasteiger partial charge >= 0.3 is 6.09 Å². The van der Waals surface area contributed by atoms with Gasteiger partial charge in [0.1, 0.15) is 17.3 Å². The molecule has 2 aliphatic heterocycles. The van der Waals surface area contributed by atoms with Crippen molar-refractivity contribution in [2.45, 2.75) is 75.8 Å². The van der Waals surface area contributed by atoms with Crippen LogP contribution in [0.2, 0.25) is 0 Å². The lowest BCUT2D eigenvalue weighted by Crippen LogP contribution is -2.53. The van der Waals surface area contributed by atoms with Crippen molar-refractivity contribution in [3.8, 4) is 11.8 Å². The number of amides is 3. The van der Waals surface area contributed by atoms with Crippen molar-refractivity contribution in [3.63, 3.8) is 0 Å². The number of nitriles is 1. The van der Waals surface area contributed by atoms with Gasteiger partial charge in [0.05, 0.1) is 18.6 Å². The summed E-state index contributed by atoms with van der Waals surface area (Å²) < 4.78 is 33.9. The van der Waals surface area contributed by atoms with Gasteiger partial charge in [0.2, 0.25) is 11.8 Å². The maximum atomic E-state index is 14.4. The molecule has 1 atom stereocenters. The Morgan fingerprint density at radius 2 is 1.77 bits per heavy atom. The summed E-state index contributed by atoms with van der Waals surface area (Å²) in [7, 11) is 1.58. The molecular formula is C27H35F2N5O5. The van der Waals surface area contributed by atoms with Gasteiger partial charge in [-0.15, -0.1) is 5.06 Å². The van der Waals surface area contributed by atoms with Gasteiger partial charge in [-0.1, -0.05) is 13.3 Å². The molecular weight excluding hydrogens is 512 g/mol. The van der Waals surface area contributed by atoms with Gasteiger partial charge < -0.3 is 25.1 Å². The quantitative estimate of drug-likeness (QED) is 0.459. The first-order valence-electron chi connectivity index (χ1n) is 13.3. The van der Waals surface area contributed by atoms with Crippen LogP contribution in [0.25, 0.3) is 0 Å². The summed E-state index contributed by atoms with van der Waals surface area (Å²) in [6.45, 7) is 2.76. The van der Waals surface area contributed by atoms with Crippen molar-refractivity contribution in [3.05, 3.63) is 24.3 Å². The van der Waals surface area contributed by atoms with E-state index in [1.54, 1.807) is 31.1 Å². The van der Waals surface area contributed by atoms with Crippen molar-refractivity contribution in [2.24, 2.45) is 5.41 Å². The summed E-state index contributed by atoms with van der Waals surface area (Å²) in [6.07, 6.45) is 0.311. The molecule has 3 fully saturated rings. The second-order valence-electron chi connectivity index (χ2n) is 10.7. The molecule has 2 heterocycles. The van der Waals surface area contributed by atoms with Gasteiger partial charge in [-0.05, 0) is 56.4 Å². The lowest BCUT2D eigenvalue weighted by atomic mass is 9.77. The number of benzene rings is 1. The topological polar surface area (TPSA) is 124 Å². The number of halogens is 2. The van der Waals surface area contributed by atoms with Gasteiger partial charge in [-0.25, -0.2) is 13.6 Å². The van der Waals surface area contributed by atoms with E-state index in [9.17, 15) is 28.4 Å². The molecule has 1 spiro atoms. The third kappa shape index (κ3) is 6.58. The van der Waals surface area contributed by atoms with E-state index in [0.29, 0.717) is 44.4 Å². The van der Waals surface area contributed by atoms with Crippen LogP contribution in [0, 0.1) is 16.7 Å². The van der Waals surface area contributed by atoms with E-state index in [2.05, 4.69) is 10.6 Å². The highest BCUT2D eigenvalue weighted by atomic mass is 19.3. The van der Waals surface area contributed by atoms with Crippen LogP contribution in [0.3, 0.4) is 0 Å². The van der Waals surface area contributed by atoms with E-state index >= 15 is 0 Å². The van der Waals surface area contributed by atoms with Crippen LogP contribution in [-0.4, -0.2) is 67.2 Å². The normalized spacial score (nSPS) is 20.7. The Kier molecular flexibility index (Phi) is 8.30. The average molecular weight is 548 g/mol. The molecule has 1 aromatic rings. The number of alkyl halides is 2. The minimum absolute atomic E-state index is 0.0261. The minimum Gasteiger partial charge on any atom is -0.497 e. The predicted molar refractivity (Wildman–Crippen MR) is 137 cm³/mol. The summed E-state index contributed by atoms with van der Waals surface area (Å²) in [5, 5.41) is 15.4. The van der Waals surface area contributed by atoms with Crippen molar-refractivity contribution < 1.29 is 32.7 Å². The summed E-state index contributed by atoms with van der Waals surface area (Å²) in [5.74, 6) is -3.29. The van der Waals surface area contributed by atoms with Crippen molar-refractivity contribution in [1.82, 2.24) is 15.7 Å². The Morgan fingerprint density at radius 1 is 1.13 bits per heavy atom. The Bertz CT molecular complexity index is 1110. The van der Waals surface area contributed by atoms with E-state index in [1.807, 2.05) is 18.2 Å². The molecule has 2 N–H and O–H groups in total. The Labute approximate surface area is 226 Å². The SMILES string of the molecule is CCCC(F)(F)C[C@H](NC(=O)ON1CCC2(CC1)CCN(c1ccc(OC)cc1)C2=O)C(=O)NC1(C#N)CC1. The second-order valence-corrected chi connectivity index (χ2v) is 10.7. The molecule has 212 valence electrons. The fourth-order valence-corrected chi connectivity index (χ4v) is 5.27. The van der Waals surface area contributed by atoms with Crippen LogP contribution in [0.5, 0.6) is 5.75 Å². The molecule has 0 bridgehead atoms. The zero-order chi connectivity index (χ0) is 28.3. The summed E-state index contributed by atoms with van der Waals surface area (Å²) in [6, 6.07) is 7.72. The first kappa shape index (κ1) is 28.5. The van der Waals surface area contributed by atoms with Gasteiger partial charge in [0, 0.05) is 38.2 Å². The number of piperidine rings is 1. The highest BCUT2D eigenvalue weighted by Gasteiger charge is 2.50. The lowest BCUT2D eigenvalue weighted by Gasteiger charge is -2.36. The summed E-state index contributed by atoms with van der Waals surface area (Å²) >= 11 is 0. The fraction of sp³-hybridized carbons (Fsp3) is 0.630. The van der Waals surface area contributed by atoms with Gasteiger partial charge in [-0.2, -0.15) is 5.26 Å². The number of anilines is 1. The molecule has 1 saturated carbocycles. The molecule has 1 aliphatic carbocycles. The van der Waals surface area contributed by atoms with E-state index in [4.69, 9.17) is 9.57 Å². The molecule has 0 unspecified atom stereocenters. The van der Waals surface area contributed by atoms with Gasteiger partial charge in [0.25, 0.3) is 5.92 Å². The molecule has 39 heavy (non-hydrogen) atoms. The van der Waals surface area contributed by atoms with Crippen LogP contribution < -0.4 is 20.3 Å². The first-order chi connectivity index (χ1) is 18.5. The molecule has 3 aliphatic rings. The summed E-state index contributed by atoms with van der Waals surface area (Å²) in [5.41, 5.74) is -0.823. The average Bonchev–Trinajstić information content (AvgIpc) is 3.62. The Balaban J connectivity index is 1.32. The molecule has 1 aromatic carbocycles. The maximum Gasteiger partial charge on any atom is 0.426 e. The second kappa shape index (κ2) is 11.3. The standard InChI is InChI=1S/C27H35F2N5O5/c1-3-8-27(28,29)17-21(22(35)32-26(18-30)9-10-26)31-24(37)39-33-14-11-25(12-15-33)13-16-34(23(25)36)19-4-6-20(38-2)7-5-19/h4-7,21H,3,8-17H2,1-2H3,(H,31,37)(H,32,35)/t21-/m0/s1. The fourth-order valence-electron chi connectivity index (χ4n) is 5.27. The van der Waals surface area contributed by atoms with Crippen LogP contribution >= 0.6 is 0 Å². The molecule has 0 aromatic heterocycles. The minimum atomic E-state index is -3.18. The first-order valence-corrected chi connectivity index (χ1v) is 13.3. The predicted octanol–water partition coefficient (Wildman–Crippen LogP) is 3.52. The number of hydrogen-bond donors (Lipinski definition) is 2. The molecule has 10 nitrogen and oxygen atoms in total. The highest BCUT2D eigenvalue weighted by molar-refractivity contribution is 6.00. The van der Waals surface area contributed by atoms with E-state index < -0.39 is 47.8 Å². The monoisotopic (exact) mass is 547 g/mol. The van der Waals surface area contributed by atoms with Crippen LogP contribution in [0.4, 0.5) is 19.3 Å². The number of carbonyl (C=O) groups is 3. The van der Waals surface area contributed by atoms with Crippen molar-refractivity contribution >= 4 is 23.6 Å². The third-order valence-corrected chi connectivity index (χ3v) is 7.84. The van der Waals surface area contributed by atoms with Gasteiger partial charge in [-0.3, -0.25) is 9.59 Å². The van der Waals surface area contributed by atoms with Crippen molar-refractivity contribution in [2.75, 3.05) is 31.6 Å². The van der Waals surface area contributed by atoms with E-state index in [-0.39, 0.29) is 25.4 Å². The number of nitrogens with one attached hydrogen (secondary N) is 2. The number of methoxy groups -OCH3 is 1. The number of nitrogens with zero attached hydrogens (tertiary/aromatic N) is 3. The third-order valence-electron chi connectivity index (χ3n) is 7.84. The van der Waals surface area contributed by atoms with Gasteiger partial charge in [0.15, 0.2) is 0 Å². The molecule has 0 radical (unpaired) electrons. The summed E-state index contributed by atoms with van der Waals surface area (Å²) in [4.78, 5) is 45.8. The number of hydrogen-bond acceptors (Lipinski definition) is 7. The lowest BCUT2D eigenvalue weighted by molar-refractivity contribution is -0.147. The zero-order valence-electron chi connectivity index (χ0n) is 22.3. The number of carbonyl (C=O) groups excluding carboxylic acids is 3. The highest BCUT2D eigenvalue weighted by Crippen LogP contribution is 2.43. The Hall–Kier alpha value is -3.46. The number of rotatable bonds is 10. The molecule has 2 saturated heterocycles. The molecule has 12 heteroatoms. The smallest absolute Gasteiger partial charge is 0.426 e. The largest absolute Gasteiger partial charge is 0.497 e. The van der Waals surface area contributed by atoms with Crippen LogP contribution in [0.15, 0.2) is 24.3 Å². The zero-order valence-corrected chi connectivity index (χ0v) is 22.3. The molecule has 4 rings (SSSR count). The van der Waals surface area contributed by atoms with Crippen molar-refractivity contribution in [1.29, 1.82) is 5.26 Å². The maximum absolute atomic E-state index is 14.4. The Morgan fingerprint density at radius 3 is 2.33 bits per heavy atom. The number of ether oxygens (including phenoxy) is 1. The molecule has 3 amide bonds. The van der Waals surface area contributed by atoms with E-state index in [0.717, 1.165) is 5.69 Å².